The molecule has 138 valence electrons. The second-order valence-electron chi connectivity index (χ2n) is 6.98. The van der Waals surface area contributed by atoms with Crippen molar-refractivity contribution in [1.82, 2.24) is 19.3 Å². The highest BCUT2D eigenvalue weighted by Gasteiger charge is 2.17. The van der Waals surface area contributed by atoms with Gasteiger partial charge in [0.1, 0.15) is 11.4 Å². The second-order valence-corrected chi connectivity index (χ2v) is 8.19. The number of pyridine rings is 1. The third kappa shape index (κ3) is 2.90. The van der Waals surface area contributed by atoms with Crippen LogP contribution in [0.2, 0.25) is 0 Å². The van der Waals surface area contributed by atoms with Gasteiger partial charge in [-0.25, -0.2) is 14.8 Å². The Morgan fingerprint density at radius 1 is 1.15 bits per heavy atom. The largest absolute Gasteiger partial charge is 0.422 e. The van der Waals surface area contributed by atoms with Crippen molar-refractivity contribution < 1.29 is 4.42 Å². The molecule has 5 heterocycles. The molecule has 0 saturated carbocycles. The number of imidazole rings is 1. The molecule has 1 aliphatic rings. The van der Waals surface area contributed by atoms with E-state index in [1.165, 1.54) is 4.88 Å². The van der Waals surface area contributed by atoms with E-state index < -0.39 is 0 Å². The van der Waals surface area contributed by atoms with Gasteiger partial charge in [-0.2, -0.15) is 0 Å². The Labute approximate surface area is 159 Å². The fourth-order valence-corrected chi connectivity index (χ4v) is 4.24. The number of hydrogen-bond acceptors (Lipinski definition) is 7. The Balaban J connectivity index is 1.53. The van der Waals surface area contributed by atoms with Crippen molar-refractivity contribution in [3.05, 3.63) is 46.0 Å². The molecule has 0 bridgehead atoms. The van der Waals surface area contributed by atoms with Crippen LogP contribution in [0.5, 0.6) is 0 Å². The molecule has 0 aromatic carbocycles. The van der Waals surface area contributed by atoms with Crippen LogP contribution in [0.25, 0.3) is 27.2 Å². The third-order valence-electron chi connectivity index (χ3n) is 4.98. The number of rotatable bonds is 2. The molecule has 27 heavy (non-hydrogen) atoms. The van der Waals surface area contributed by atoms with E-state index in [9.17, 15) is 4.79 Å². The first kappa shape index (κ1) is 16.5. The average molecular weight is 381 g/mol. The lowest BCUT2D eigenvalue weighted by Crippen LogP contribution is -2.44. The zero-order chi connectivity index (χ0) is 18.5. The highest BCUT2D eigenvalue weighted by atomic mass is 32.1. The summed E-state index contributed by atoms with van der Waals surface area (Å²) in [6.07, 6.45) is 5.64. The van der Waals surface area contributed by atoms with E-state index in [1.807, 2.05) is 35.9 Å². The second kappa shape index (κ2) is 6.17. The molecule has 1 saturated heterocycles. The van der Waals surface area contributed by atoms with E-state index in [0.29, 0.717) is 16.8 Å². The number of fused-ring (bicyclic) bond motifs is 2. The van der Waals surface area contributed by atoms with Crippen molar-refractivity contribution in [3.63, 3.8) is 0 Å². The number of aryl methyl sites for hydroxylation is 1. The van der Waals surface area contributed by atoms with Gasteiger partial charge >= 0.3 is 5.63 Å². The van der Waals surface area contributed by atoms with Crippen LogP contribution in [0.15, 0.2) is 39.9 Å². The zero-order valence-electron chi connectivity index (χ0n) is 15.2. The predicted molar refractivity (Wildman–Crippen MR) is 107 cm³/mol. The monoisotopic (exact) mass is 381 g/mol. The highest BCUT2D eigenvalue weighted by Crippen LogP contribution is 2.25. The molecule has 0 spiro atoms. The Morgan fingerprint density at radius 2 is 1.96 bits per heavy atom. The van der Waals surface area contributed by atoms with Crippen LogP contribution in [0.4, 0.5) is 5.82 Å². The van der Waals surface area contributed by atoms with Gasteiger partial charge in [-0.1, -0.05) is 0 Å². The van der Waals surface area contributed by atoms with Crippen molar-refractivity contribution in [2.75, 3.05) is 38.1 Å². The molecule has 4 aromatic heterocycles. The van der Waals surface area contributed by atoms with Gasteiger partial charge in [-0.3, -0.25) is 4.40 Å². The lowest BCUT2D eigenvalue weighted by atomic mass is 10.2. The summed E-state index contributed by atoms with van der Waals surface area (Å²) in [7, 11) is 2.12. The summed E-state index contributed by atoms with van der Waals surface area (Å²) in [5.74, 6) is 0.851. The van der Waals surface area contributed by atoms with Crippen LogP contribution in [0.3, 0.4) is 0 Å². The maximum absolute atomic E-state index is 12.6. The Morgan fingerprint density at radius 3 is 2.74 bits per heavy atom. The smallest absolute Gasteiger partial charge is 0.345 e. The number of anilines is 1. The number of aromatic nitrogens is 3. The molecule has 8 heteroatoms. The standard InChI is InChI=1S/C19H19N5O2S/c1-12-10-24-11-15(21-19(24)27-12)14-7-13-9-20-17(8-16(13)26-18(14)25)23-5-3-22(2)4-6-23/h7-11H,3-6H2,1-2H3. The summed E-state index contributed by atoms with van der Waals surface area (Å²) in [5, 5.41) is 0.801. The fraction of sp³-hybridized carbons (Fsp3) is 0.316. The highest BCUT2D eigenvalue weighted by molar-refractivity contribution is 7.17. The molecule has 1 fully saturated rings. The fourth-order valence-electron chi connectivity index (χ4n) is 3.43. The number of piperazine rings is 1. The van der Waals surface area contributed by atoms with E-state index in [0.717, 1.165) is 42.3 Å². The Hall–Kier alpha value is -2.71. The molecule has 0 radical (unpaired) electrons. The van der Waals surface area contributed by atoms with Crippen LogP contribution in [0.1, 0.15) is 4.88 Å². The molecule has 1 aliphatic heterocycles. The number of likely N-dealkylation sites (N-methyl/N-ethyl adjacent to an activating group) is 1. The topological polar surface area (TPSA) is 66.9 Å². The van der Waals surface area contributed by atoms with Crippen molar-refractivity contribution in [2.24, 2.45) is 0 Å². The number of thiazole rings is 1. The molecule has 0 unspecified atom stereocenters. The van der Waals surface area contributed by atoms with E-state index in [2.05, 4.69) is 26.8 Å². The first-order valence-electron chi connectivity index (χ1n) is 8.90. The molecule has 0 amide bonds. The summed E-state index contributed by atoms with van der Waals surface area (Å²) < 4.78 is 7.56. The van der Waals surface area contributed by atoms with Crippen LogP contribution >= 0.6 is 11.3 Å². The molecule has 5 rings (SSSR count). The van der Waals surface area contributed by atoms with Gasteiger partial charge in [0.25, 0.3) is 0 Å². The molecule has 7 nitrogen and oxygen atoms in total. The van der Waals surface area contributed by atoms with E-state index in [1.54, 1.807) is 17.5 Å². The summed E-state index contributed by atoms with van der Waals surface area (Å²) >= 11 is 1.59. The predicted octanol–water partition coefficient (Wildman–Crippen LogP) is 2.62. The minimum atomic E-state index is -0.375. The van der Waals surface area contributed by atoms with Gasteiger partial charge in [0.05, 0.1) is 11.3 Å². The minimum absolute atomic E-state index is 0.375. The third-order valence-corrected chi connectivity index (χ3v) is 5.89. The van der Waals surface area contributed by atoms with Gasteiger partial charge < -0.3 is 14.2 Å². The SMILES string of the molecule is Cc1cn2cc(-c3cc4cnc(N5CCN(C)CC5)cc4oc3=O)nc2s1. The summed E-state index contributed by atoms with van der Waals surface area (Å²) in [4.78, 5) is 28.3. The quantitative estimate of drug-likeness (QED) is 0.532. The van der Waals surface area contributed by atoms with Crippen molar-refractivity contribution in [3.8, 4) is 11.3 Å². The van der Waals surface area contributed by atoms with Gasteiger partial charge in [0, 0.05) is 61.1 Å². The minimum Gasteiger partial charge on any atom is -0.422 e. The van der Waals surface area contributed by atoms with Crippen LogP contribution in [-0.4, -0.2) is 52.5 Å². The van der Waals surface area contributed by atoms with Crippen LogP contribution in [0, 0.1) is 6.92 Å². The lowest BCUT2D eigenvalue weighted by Gasteiger charge is -2.33. The molecule has 0 aliphatic carbocycles. The zero-order valence-corrected chi connectivity index (χ0v) is 16.0. The van der Waals surface area contributed by atoms with Crippen molar-refractivity contribution in [2.45, 2.75) is 6.92 Å². The lowest BCUT2D eigenvalue weighted by molar-refractivity contribution is 0.312. The maximum Gasteiger partial charge on any atom is 0.345 e. The van der Waals surface area contributed by atoms with Gasteiger partial charge in [-0.05, 0) is 20.0 Å². The van der Waals surface area contributed by atoms with E-state index >= 15 is 0 Å². The first-order chi connectivity index (χ1) is 13.1. The molecule has 0 atom stereocenters. The van der Waals surface area contributed by atoms with Gasteiger partial charge in [0.2, 0.25) is 0 Å². The van der Waals surface area contributed by atoms with Crippen LogP contribution < -0.4 is 10.5 Å². The van der Waals surface area contributed by atoms with E-state index in [4.69, 9.17) is 4.42 Å². The summed E-state index contributed by atoms with van der Waals surface area (Å²) in [5.41, 5.74) is 1.27. The van der Waals surface area contributed by atoms with Crippen LogP contribution in [-0.2, 0) is 0 Å². The molecular formula is C19H19N5O2S. The number of nitrogens with zero attached hydrogens (tertiary/aromatic N) is 5. The Bertz CT molecular complexity index is 1170. The normalized spacial score (nSPS) is 15.9. The van der Waals surface area contributed by atoms with Gasteiger partial charge in [0.15, 0.2) is 4.96 Å². The Kier molecular flexibility index (Phi) is 3.76. The molecule has 4 aromatic rings. The molecular weight excluding hydrogens is 362 g/mol. The molecule has 0 N–H and O–H groups in total. The summed E-state index contributed by atoms with van der Waals surface area (Å²) in [6.45, 7) is 5.87. The summed E-state index contributed by atoms with van der Waals surface area (Å²) in [6, 6.07) is 3.68. The van der Waals surface area contributed by atoms with Gasteiger partial charge in [-0.15, -0.1) is 11.3 Å². The number of hydrogen-bond donors (Lipinski definition) is 0. The van der Waals surface area contributed by atoms with E-state index in [-0.39, 0.29) is 5.63 Å². The first-order valence-corrected chi connectivity index (χ1v) is 9.71. The maximum atomic E-state index is 12.6. The van der Waals surface area contributed by atoms with Crippen molar-refractivity contribution in [1.29, 1.82) is 0 Å². The van der Waals surface area contributed by atoms with Crippen molar-refractivity contribution >= 4 is 33.1 Å². The average Bonchev–Trinajstić information content (AvgIpc) is 3.18.